The minimum absolute atomic E-state index is 0.296. The van der Waals surface area contributed by atoms with Gasteiger partial charge >= 0.3 is 0 Å². The highest BCUT2D eigenvalue weighted by Crippen LogP contribution is 2.65. The van der Waals surface area contributed by atoms with Gasteiger partial charge < -0.3 is 5.32 Å². The van der Waals surface area contributed by atoms with E-state index in [2.05, 4.69) is 5.32 Å². The van der Waals surface area contributed by atoms with Crippen molar-refractivity contribution in [2.24, 2.45) is 11.3 Å². The predicted octanol–water partition coefficient (Wildman–Crippen LogP) is 4.52. The number of carbonyl (C=O) groups excluding carboxylic acids is 1. The maximum absolute atomic E-state index is 13.0. The van der Waals surface area contributed by atoms with Gasteiger partial charge in [0.1, 0.15) is 5.82 Å². The molecule has 0 heterocycles. The first-order chi connectivity index (χ1) is 11.9. The van der Waals surface area contributed by atoms with Gasteiger partial charge in [-0.05, 0) is 42.0 Å². The molecule has 0 radical (unpaired) electrons. The number of halogens is 3. The smallest absolute Gasteiger partial charge is 0.230 e. The van der Waals surface area contributed by atoms with E-state index in [9.17, 15) is 19.7 Å². The zero-order valence-corrected chi connectivity index (χ0v) is 14.1. The summed E-state index contributed by atoms with van der Waals surface area (Å²) in [4.78, 5) is 12.6. The molecule has 0 bridgehead atoms. The highest BCUT2D eigenvalue weighted by Gasteiger charge is 2.71. The molecule has 0 aromatic heterocycles. The summed E-state index contributed by atoms with van der Waals surface area (Å²) >= 11 is 12.1. The summed E-state index contributed by atoms with van der Waals surface area (Å²) in [6.07, 6.45) is 0. The van der Waals surface area contributed by atoms with Gasteiger partial charge in [-0.15, -0.1) is 0 Å². The zero-order valence-electron chi connectivity index (χ0n) is 12.6. The highest BCUT2D eigenvalue weighted by atomic mass is 35.5. The van der Waals surface area contributed by atoms with Crippen molar-refractivity contribution >= 4 is 34.8 Å². The average molecular weight is 374 g/mol. The number of amides is 1. The number of nitrogens with one attached hydrogen (secondary N) is 1. The number of anilines is 1. The van der Waals surface area contributed by atoms with Gasteiger partial charge in [-0.3, -0.25) is 4.79 Å². The fraction of sp³-hybridized carbons (Fsp3) is 0.167. The summed E-state index contributed by atoms with van der Waals surface area (Å²) in [5.74, 6) is -2.47. The monoisotopic (exact) mass is 373 g/mol. The van der Waals surface area contributed by atoms with Gasteiger partial charge in [0.25, 0.3) is 0 Å². The van der Waals surface area contributed by atoms with Gasteiger partial charge in [-0.2, -0.15) is 10.5 Å². The summed E-state index contributed by atoms with van der Waals surface area (Å²) in [7, 11) is 0. The molecule has 25 heavy (non-hydrogen) atoms. The van der Waals surface area contributed by atoms with Crippen LogP contribution in [0.1, 0.15) is 11.5 Å². The Hall–Kier alpha value is -2.60. The quantitative estimate of drug-likeness (QED) is 0.858. The number of carbonyl (C=O) groups is 1. The van der Waals surface area contributed by atoms with E-state index >= 15 is 0 Å². The lowest BCUT2D eigenvalue weighted by Gasteiger charge is -2.05. The van der Waals surface area contributed by atoms with Crippen molar-refractivity contribution < 1.29 is 9.18 Å². The molecule has 1 fully saturated rings. The summed E-state index contributed by atoms with van der Waals surface area (Å²) < 4.78 is 13.0. The third-order valence-corrected chi connectivity index (χ3v) is 4.83. The minimum atomic E-state index is -1.50. The molecule has 7 heteroatoms. The van der Waals surface area contributed by atoms with Crippen LogP contribution in [-0.4, -0.2) is 5.91 Å². The van der Waals surface area contributed by atoms with E-state index in [4.69, 9.17) is 23.2 Å². The van der Waals surface area contributed by atoms with Crippen LogP contribution in [0.25, 0.3) is 0 Å². The Balaban J connectivity index is 1.91. The van der Waals surface area contributed by atoms with E-state index in [1.807, 2.05) is 12.1 Å². The molecule has 1 aliphatic carbocycles. The van der Waals surface area contributed by atoms with Crippen molar-refractivity contribution in [2.45, 2.75) is 5.92 Å². The minimum Gasteiger partial charge on any atom is -0.326 e. The van der Waals surface area contributed by atoms with Crippen LogP contribution in [0.5, 0.6) is 0 Å². The Morgan fingerprint density at radius 3 is 2.32 bits per heavy atom. The van der Waals surface area contributed by atoms with Crippen LogP contribution in [0.4, 0.5) is 10.1 Å². The van der Waals surface area contributed by atoms with Crippen molar-refractivity contribution in [2.75, 3.05) is 5.32 Å². The molecule has 1 N–H and O–H groups in total. The second-order valence-corrected chi connectivity index (χ2v) is 6.55. The van der Waals surface area contributed by atoms with Crippen LogP contribution < -0.4 is 5.32 Å². The molecule has 0 spiro atoms. The third kappa shape index (κ3) is 2.93. The first-order valence-electron chi connectivity index (χ1n) is 7.27. The maximum Gasteiger partial charge on any atom is 0.230 e. The Labute approximate surface area is 153 Å². The lowest BCUT2D eigenvalue weighted by atomic mass is 10.0. The largest absolute Gasteiger partial charge is 0.326 e. The topological polar surface area (TPSA) is 76.7 Å². The van der Waals surface area contributed by atoms with E-state index in [1.165, 1.54) is 30.3 Å². The fourth-order valence-corrected chi connectivity index (χ4v) is 3.51. The Morgan fingerprint density at radius 1 is 1.12 bits per heavy atom. The second kappa shape index (κ2) is 6.37. The first-order valence-corrected chi connectivity index (χ1v) is 8.02. The van der Waals surface area contributed by atoms with Crippen LogP contribution >= 0.6 is 23.2 Å². The SMILES string of the molecule is N#CC1(C#N)[C@@H](C(=O)Nc2ccc(F)cc2)[C@@H]1c1ccc(Cl)cc1Cl. The number of hydrogen-bond donors (Lipinski definition) is 1. The Bertz CT molecular complexity index is 917. The lowest BCUT2D eigenvalue weighted by molar-refractivity contribution is -0.117. The van der Waals surface area contributed by atoms with Crippen molar-refractivity contribution in [1.82, 2.24) is 0 Å². The van der Waals surface area contributed by atoms with E-state index in [-0.39, 0.29) is 0 Å². The molecular formula is C18H10Cl2FN3O. The van der Waals surface area contributed by atoms with E-state index in [0.717, 1.165) is 0 Å². The third-order valence-electron chi connectivity index (χ3n) is 4.27. The molecule has 3 rings (SSSR count). The highest BCUT2D eigenvalue weighted by molar-refractivity contribution is 6.35. The van der Waals surface area contributed by atoms with Crippen molar-refractivity contribution in [1.29, 1.82) is 10.5 Å². The van der Waals surface area contributed by atoms with Crippen molar-refractivity contribution in [3.05, 3.63) is 63.9 Å². The molecule has 1 aliphatic rings. The van der Waals surface area contributed by atoms with Gasteiger partial charge in [-0.25, -0.2) is 4.39 Å². The number of nitrogens with zero attached hydrogens (tertiary/aromatic N) is 2. The van der Waals surface area contributed by atoms with Crippen LogP contribution in [0, 0.1) is 39.8 Å². The van der Waals surface area contributed by atoms with Crippen LogP contribution in [-0.2, 0) is 4.79 Å². The number of rotatable bonds is 3. The van der Waals surface area contributed by atoms with Gasteiger partial charge in [0, 0.05) is 21.7 Å². The standard InChI is InChI=1S/C18H10Cl2FN3O/c19-10-1-6-13(14(20)7-10)15-16(18(15,8-22)9-23)17(25)24-12-4-2-11(21)3-5-12/h1-7,15-16H,(H,24,25)/t15-,16+/m0/s1. The predicted molar refractivity (Wildman–Crippen MR) is 91.4 cm³/mol. The molecular weight excluding hydrogens is 364 g/mol. The Kier molecular flexibility index (Phi) is 4.39. The van der Waals surface area contributed by atoms with Crippen LogP contribution in [0.15, 0.2) is 42.5 Å². The normalized spacial score (nSPS) is 20.2. The van der Waals surface area contributed by atoms with Gasteiger partial charge in [0.15, 0.2) is 5.41 Å². The van der Waals surface area contributed by atoms with E-state index in [1.54, 1.807) is 12.1 Å². The number of benzene rings is 2. The Morgan fingerprint density at radius 2 is 1.76 bits per heavy atom. The maximum atomic E-state index is 13.0. The lowest BCUT2D eigenvalue weighted by Crippen LogP contribution is -2.17. The van der Waals surface area contributed by atoms with Crippen LogP contribution in [0.3, 0.4) is 0 Å². The van der Waals surface area contributed by atoms with Crippen molar-refractivity contribution in [3.63, 3.8) is 0 Å². The molecule has 0 saturated heterocycles. The summed E-state index contributed by atoms with van der Waals surface area (Å²) in [6.45, 7) is 0. The fourth-order valence-electron chi connectivity index (χ4n) is 2.98. The summed E-state index contributed by atoms with van der Waals surface area (Å²) in [5, 5.41) is 22.3. The second-order valence-electron chi connectivity index (χ2n) is 5.71. The number of hydrogen-bond acceptors (Lipinski definition) is 3. The van der Waals surface area contributed by atoms with Crippen LogP contribution in [0.2, 0.25) is 10.0 Å². The molecule has 1 amide bonds. The molecule has 0 aliphatic heterocycles. The van der Waals surface area contributed by atoms with Gasteiger partial charge in [0.05, 0.1) is 18.1 Å². The summed E-state index contributed by atoms with van der Waals surface area (Å²) in [5.41, 5.74) is -0.598. The van der Waals surface area contributed by atoms with Crippen molar-refractivity contribution in [3.8, 4) is 12.1 Å². The molecule has 1 saturated carbocycles. The molecule has 0 unspecified atom stereocenters. The van der Waals surface area contributed by atoms with Gasteiger partial charge in [0.2, 0.25) is 5.91 Å². The van der Waals surface area contributed by atoms with Gasteiger partial charge in [-0.1, -0.05) is 29.3 Å². The molecule has 2 aromatic carbocycles. The number of nitriles is 2. The van der Waals surface area contributed by atoms with E-state index in [0.29, 0.717) is 21.3 Å². The molecule has 4 nitrogen and oxygen atoms in total. The molecule has 2 aromatic rings. The molecule has 2 atom stereocenters. The van der Waals surface area contributed by atoms with E-state index < -0.39 is 29.0 Å². The zero-order chi connectivity index (χ0) is 18.2. The summed E-state index contributed by atoms with van der Waals surface area (Å²) in [6, 6.07) is 13.8. The molecule has 124 valence electrons. The first kappa shape index (κ1) is 17.2. The average Bonchev–Trinajstić information content (AvgIpc) is 3.26.